The minimum atomic E-state index is -3.66. The SMILES string of the molecule is N/C(=N/O)c1cccc(NS(=O)(=O)c2ccccc2)c1. The summed E-state index contributed by atoms with van der Waals surface area (Å²) in [5.41, 5.74) is 6.21. The summed E-state index contributed by atoms with van der Waals surface area (Å²) in [5, 5.41) is 11.5. The van der Waals surface area contributed by atoms with Gasteiger partial charge in [0, 0.05) is 11.3 Å². The van der Waals surface area contributed by atoms with Crippen molar-refractivity contribution in [1.29, 1.82) is 0 Å². The Kier molecular flexibility index (Phi) is 3.90. The topological polar surface area (TPSA) is 105 Å². The van der Waals surface area contributed by atoms with Crippen molar-refractivity contribution < 1.29 is 13.6 Å². The molecule has 0 saturated carbocycles. The standard InChI is InChI=1S/C13H13N3O3S/c14-13(15-17)10-5-4-6-11(9-10)16-20(18,19)12-7-2-1-3-8-12/h1-9,16-17H,(H2,14,15). The maximum Gasteiger partial charge on any atom is 0.261 e. The van der Waals surface area contributed by atoms with Crippen molar-refractivity contribution in [2.75, 3.05) is 4.72 Å². The second-order valence-electron chi connectivity index (χ2n) is 3.98. The van der Waals surface area contributed by atoms with E-state index in [9.17, 15) is 8.42 Å². The molecule has 2 aromatic carbocycles. The fourth-order valence-electron chi connectivity index (χ4n) is 1.61. The Hall–Kier alpha value is -2.54. The lowest BCUT2D eigenvalue weighted by molar-refractivity contribution is 0.318. The van der Waals surface area contributed by atoms with Crippen LogP contribution in [-0.4, -0.2) is 19.5 Å². The summed E-state index contributed by atoms with van der Waals surface area (Å²) in [5.74, 6) is -0.0919. The molecule has 0 spiro atoms. The summed E-state index contributed by atoms with van der Waals surface area (Å²) >= 11 is 0. The Bertz CT molecular complexity index is 728. The van der Waals surface area contributed by atoms with E-state index >= 15 is 0 Å². The largest absolute Gasteiger partial charge is 0.409 e. The van der Waals surface area contributed by atoms with Gasteiger partial charge in [0.1, 0.15) is 0 Å². The van der Waals surface area contributed by atoms with Crippen LogP contribution in [0.1, 0.15) is 5.56 Å². The summed E-state index contributed by atoms with van der Waals surface area (Å²) in [6.45, 7) is 0. The van der Waals surface area contributed by atoms with E-state index in [2.05, 4.69) is 9.88 Å². The van der Waals surface area contributed by atoms with Gasteiger partial charge in [0.15, 0.2) is 5.84 Å². The average molecular weight is 291 g/mol. The number of oxime groups is 1. The summed E-state index contributed by atoms with van der Waals surface area (Å²) in [6.07, 6.45) is 0. The van der Waals surface area contributed by atoms with Gasteiger partial charge in [-0.25, -0.2) is 8.42 Å². The summed E-state index contributed by atoms with van der Waals surface area (Å²) in [7, 11) is -3.66. The van der Waals surface area contributed by atoms with Gasteiger partial charge in [0.2, 0.25) is 0 Å². The molecule has 0 heterocycles. The highest BCUT2D eigenvalue weighted by molar-refractivity contribution is 7.92. The summed E-state index contributed by atoms with van der Waals surface area (Å²) in [6, 6.07) is 14.3. The van der Waals surface area contributed by atoms with Gasteiger partial charge in [-0.1, -0.05) is 35.5 Å². The Morgan fingerprint density at radius 1 is 1.10 bits per heavy atom. The second-order valence-corrected chi connectivity index (χ2v) is 5.67. The maximum absolute atomic E-state index is 12.1. The Morgan fingerprint density at radius 2 is 1.80 bits per heavy atom. The molecule has 0 amide bonds. The number of anilines is 1. The van der Waals surface area contributed by atoms with Crippen LogP contribution in [0.15, 0.2) is 64.6 Å². The number of hydrogen-bond donors (Lipinski definition) is 3. The minimum Gasteiger partial charge on any atom is -0.409 e. The molecule has 20 heavy (non-hydrogen) atoms. The van der Waals surface area contributed by atoms with E-state index in [-0.39, 0.29) is 10.7 Å². The molecule has 0 atom stereocenters. The maximum atomic E-state index is 12.1. The first-order valence-corrected chi connectivity index (χ1v) is 7.17. The summed E-state index contributed by atoms with van der Waals surface area (Å²) in [4.78, 5) is 0.161. The number of amidine groups is 1. The molecule has 0 fully saturated rings. The predicted octanol–water partition coefficient (Wildman–Crippen LogP) is 1.58. The van der Waals surface area contributed by atoms with Crippen molar-refractivity contribution in [1.82, 2.24) is 0 Å². The third-order valence-corrected chi connectivity index (χ3v) is 3.97. The molecule has 6 nitrogen and oxygen atoms in total. The molecule has 2 rings (SSSR count). The molecular weight excluding hydrogens is 278 g/mol. The molecule has 0 unspecified atom stereocenters. The van der Waals surface area contributed by atoms with Crippen molar-refractivity contribution in [2.45, 2.75) is 4.90 Å². The molecular formula is C13H13N3O3S. The zero-order valence-corrected chi connectivity index (χ0v) is 11.2. The van der Waals surface area contributed by atoms with Crippen molar-refractivity contribution in [3.05, 3.63) is 60.2 Å². The van der Waals surface area contributed by atoms with Crippen molar-refractivity contribution in [3.8, 4) is 0 Å². The van der Waals surface area contributed by atoms with E-state index in [4.69, 9.17) is 10.9 Å². The van der Waals surface area contributed by atoms with E-state index in [1.165, 1.54) is 18.2 Å². The lowest BCUT2D eigenvalue weighted by Gasteiger charge is -2.09. The molecule has 0 aliphatic heterocycles. The Balaban J connectivity index is 2.31. The predicted molar refractivity (Wildman–Crippen MR) is 76.2 cm³/mol. The van der Waals surface area contributed by atoms with Gasteiger partial charge in [0.25, 0.3) is 10.0 Å². The van der Waals surface area contributed by atoms with Gasteiger partial charge in [-0.15, -0.1) is 0 Å². The highest BCUT2D eigenvalue weighted by Gasteiger charge is 2.13. The van der Waals surface area contributed by atoms with Gasteiger partial charge in [-0.2, -0.15) is 0 Å². The lowest BCUT2D eigenvalue weighted by atomic mass is 10.2. The molecule has 0 aliphatic carbocycles. The van der Waals surface area contributed by atoms with Crippen molar-refractivity contribution in [3.63, 3.8) is 0 Å². The van der Waals surface area contributed by atoms with Crippen LogP contribution in [0, 0.1) is 0 Å². The van der Waals surface area contributed by atoms with Crippen LogP contribution in [0.3, 0.4) is 0 Å². The molecule has 2 aromatic rings. The van der Waals surface area contributed by atoms with Gasteiger partial charge in [-0.05, 0) is 24.3 Å². The van der Waals surface area contributed by atoms with Gasteiger partial charge in [0.05, 0.1) is 4.90 Å². The minimum absolute atomic E-state index is 0.0919. The first-order chi connectivity index (χ1) is 9.53. The molecule has 0 bridgehead atoms. The monoisotopic (exact) mass is 291 g/mol. The van der Waals surface area contributed by atoms with Crippen molar-refractivity contribution >= 4 is 21.5 Å². The van der Waals surface area contributed by atoms with Crippen LogP contribution >= 0.6 is 0 Å². The second kappa shape index (κ2) is 5.62. The van der Waals surface area contributed by atoms with E-state index in [0.29, 0.717) is 11.3 Å². The van der Waals surface area contributed by atoms with E-state index < -0.39 is 10.0 Å². The number of nitrogens with one attached hydrogen (secondary N) is 1. The molecule has 4 N–H and O–H groups in total. The third kappa shape index (κ3) is 3.07. The fraction of sp³-hybridized carbons (Fsp3) is 0. The molecule has 104 valence electrons. The van der Waals surface area contributed by atoms with Gasteiger partial charge in [-0.3, -0.25) is 4.72 Å². The lowest BCUT2D eigenvalue weighted by Crippen LogP contribution is -2.15. The van der Waals surface area contributed by atoms with E-state index in [1.54, 1.807) is 36.4 Å². The Labute approximate surface area is 116 Å². The molecule has 7 heteroatoms. The number of sulfonamides is 1. The number of nitrogens with two attached hydrogens (primary N) is 1. The smallest absolute Gasteiger partial charge is 0.261 e. The molecule has 0 radical (unpaired) electrons. The quantitative estimate of drug-likeness (QED) is 0.344. The van der Waals surface area contributed by atoms with Crippen LogP contribution in [0.4, 0.5) is 5.69 Å². The molecule has 0 aromatic heterocycles. The van der Waals surface area contributed by atoms with Crippen LogP contribution in [-0.2, 0) is 10.0 Å². The highest BCUT2D eigenvalue weighted by Crippen LogP contribution is 2.16. The van der Waals surface area contributed by atoms with Crippen LogP contribution < -0.4 is 10.5 Å². The van der Waals surface area contributed by atoms with E-state index in [1.807, 2.05) is 0 Å². The number of hydrogen-bond acceptors (Lipinski definition) is 4. The van der Waals surface area contributed by atoms with Crippen LogP contribution in [0.2, 0.25) is 0 Å². The number of nitrogens with zero attached hydrogens (tertiary/aromatic N) is 1. The van der Waals surface area contributed by atoms with Crippen molar-refractivity contribution in [2.24, 2.45) is 10.9 Å². The molecule has 0 saturated heterocycles. The summed E-state index contributed by atoms with van der Waals surface area (Å²) < 4.78 is 26.7. The fourth-order valence-corrected chi connectivity index (χ4v) is 2.68. The zero-order valence-electron chi connectivity index (χ0n) is 10.4. The number of benzene rings is 2. The van der Waals surface area contributed by atoms with Gasteiger partial charge < -0.3 is 10.9 Å². The average Bonchev–Trinajstić information content (AvgIpc) is 2.47. The zero-order chi connectivity index (χ0) is 14.6. The third-order valence-electron chi connectivity index (χ3n) is 2.57. The highest BCUT2D eigenvalue weighted by atomic mass is 32.2. The number of rotatable bonds is 4. The van der Waals surface area contributed by atoms with Crippen LogP contribution in [0.5, 0.6) is 0 Å². The van der Waals surface area contributed by atoms with Crippen LogP contribution in [0.25, 0.3) is 0 Å². The first kappa shape index (κ1) is 13.9. The van der Waals surface area contributed by atoms with E-state index in [0.717, 1.165) is 0 Å². The first-order valence-electron chi connectivity index (χ1n) is 5.69. The Morgan fingerprint density at radius 3 is 2.45 bits per heavy atom. The van der Waals surface area contributed by atoms with Gasteiger partial charge >= 0.3 is 0 Å². The normalized spacial score (nSPS) is 12.1. The molecule has 0 aliphatic rings.